The molecule has 2 heterocycles. The molecule has 2 atom stereocenters. The van der Waals surface area contributed by atoms with Crippen LogP contribution in [0.2, 0.25) is 0 Å². The van der Waals surface area contributed by atoms with Crippen molar-refractivity contribution in [1.82, 2.24) is 20.9 Å². The van der Waals surface area contributed by atoms with Gasteiger partial charge in [-0.3, -0.25) is 0 Å². The number of carbonyl (C=O) groups excluding carboxylic acids is 2. The normalized spacial score (nSPS) is 15.7. The molecule has 0 fully saturated rings. The van der Waals surface area contributed by atoms with Gasteiger partial charge in [-0.15, -0.1) is 0 Å². The van der Waals surface area contributed by atoms with Crippen molar-refractivity contribution < 1.29 is 38.3 Å². The molecule has 0 aliphatic carbocycles. The predicted octanol–water partition coefficient (Wildman–Crippen LogP) is 4.03. The zero-order chi connectivity index (χ0) is 34.3. The first-order valence-corrected chi connectivity index (χ1v) is 15.3. The second-order valence-corrected chi connectivity index (χ2v) is 12.4. The third-order valence-electron chi connectivity index (χ3n) is 7.13. The Balaban J connectivity index is 1.44. The van der Waals surface area contributed by atoms with Crippen molar-refractivity contribution in [2.75, 3.05) is 26.4 Å². The van der Waals surface area contributed by atoms with E-state index in [0.717, 1.165) is 0 Å². The van der Waals surface area contributed by atoms with Crippen LogP contribution in [0, 0.1) is 11.3 Å². The van der Waals surface area contributed by atoms with E-state index >= 15 is 0 Å². The van der Waals surface area contributed by atoms with Crippen molar-refractivity contribution in [1.29, 1.82) is 5.26 Å². The highest BCUT2D eigenvalue weighted by Gasteiger charge is 2.39. The Labute approximate surface area is 273 Å². The number of aromatic nitrogens is 2. The van der Waals surface area contributed by atoms with Crippen LogP contribution in [-0.4, -0.2) is 71.5 Å². The Morgan fingerprint density at radius 1 is 1.06 bits per heavy atom. The van der Waals surface area contributed by atoms with Crippen LogP contribution >= 0.6 is 0 Å². The third-order valence-corrected chi connectivity index (χ3v) is 7.13. The Kier molecular flexibility index (Phi) is 11.2. The summed E-state index contributed by atoms with van der Waals surface area (Å²) >= 11 is 0. The first-order valence-electron chi connectivity index (χ1n) is 15.3. The molecule has 1 aliphatic rings. The van der Waals surface area contributed by atoms with E-state index in [2.05, 4.69) is 27.0 Å². The van der Waals surface area contributed by atoms with Crippen LogP contribution in [-0.2, 0) is 19.1 Å². The Hall–Kier alpha value is -4.93. The number of aliphatic hydroxyl groups excluding tert-OH is 1. The lowest BCUT2D eigenvalue weighted by molar-refractivity contribution is -0.143. The molecule has 2 aromatic carbocycles. The van der Waals surface area contributed by atoms with Gasteiger partial charge in [0, 0.05) is 29.5 Å². The molecule has 13 heteroatoms. The summed E-state index contributed by atoms with van der Waals surface area (Å²) in [5.74, 6) is -1.44. The van der Waals surface area contributed by atoms with E-state index in [4.69, 9.17) is 23.6 Å². The van der Waals surface area contributed by atoms with Crippen LogP contribution in [0.25, 0.3) is 11.0 Å². The van der Waals surface area contributed by atoms with Crippen LogP contribution in [0.15, 0.2) is 63.6 Å². The maximum absolute atomic E-state index is 13.7. The number of dihydropyridines is 1. The van der Waals surface area contributed by atoms with Gasteiger partial charge in [-0.2, -0.15) is 5.26 Å². The number of aliphatic hydroxyl groups is 1. The summed E-state index contributed by atoms with van der Waals surface area (Å²) in [6.07, 6.45) is -1.15. The van der Waals surface area contributed by atoms with Gasteiger partial charge in [0.1, 0.15) is 54.5 Å². The standard InChI is InChI=1S/C34H41N5O8/c1-19(2)46-33(42)29-21(4)37-20(3)28(30(29)25-9-8-10-26-31(25)39-47-38-26)32(41)44-14-13-43-24-11-12-27(22(15-24)16-35)45-18-23(40)17-36-34(5,6)7/h8-12,15,19,23,30,36-37,40H,13-14,17-18H2,1-7H3/t23-,30+/m0/s1. The molecule has 0 saturated carbocycles. The predicted molar refractivity (Wildman–Crippen MR) is 171 cm³/mol. The molecular weight excluding hydrogens is 606 g/mol. The largest absolute Gasteiger partial charge is 0.490 e. The SMILES string of the molecule is CC1=C(C(=O)OCCOc2ccc(OC[C@@H](O)CNC(C)(C)C)c(C#N)c2)[C@@H](c2cccc3nonc23)C(C(=O)OC(C)C)=C(C)N1. The number of hydrogen-bond donors (Lipinski definition) is 3. The van der Waals surface area contributed by atoms with Crippen molar-refractivity contribution in [2.45, 2.75) is 72.1 Å². The highest BCUT2D eigenvalue weighted by Crippen LogP contribution is 2.41. The summed E-state index contributed by atoms with van der Waals surface area (Å²) in [6.45, 7) is 13.1. The molecule has 1 aromatic heterocycles. The lowest BCUT2D eigenvalue weighted by atomic mass is 9.80. The molecule has 250 valence electrons. The van der Waals surface area contributed by atoms with Gasteiger partial charge in [0.05, 0.1) is 28.7 Å². The van der Waals surface area contributed by atoms with E-state index in [0.29, 0.717) is 46.0 Å². The number of hydrogen-bond acceptors (Lipinski definition) is 13. The summed E-state index contributed by atoms with van der Waals surface area (Å²) < 4.78 is 27.6. The van der Waals surface area contributed by atoms with Gasteiger partial charge >= 0.3 is 11.9 Å². The maximum atomic E-state index is 13.7. The maximum Gasteiger partial charge on any atom is 0.337 e. The molecule has 3 aromatic rings. The minimum Gasteiger partial charge on any atom is -0.490 e. The van der Waals surface area contributed by atoms with Gasteiger partial charge in [-0.1, -0.05) is 12.1 Å². The van der Waals surface area contributed by atoms with Crippen LogP contribution < -0.4 is 20.1 Å². The number of nitrogens with zero attached hydrogens (tertiary/aromatic N) is 3. The van der Waals surface area contributed by atoms with Crippen molar-refractivity contribution in [3.8, 4) is 17.6 Å². The average molecular weight is 648 g/mol. The second-order valence-electron chi connectivity index (χ2n) is 12.4. The average Bonchev–Trinajstić information content (AvgIpc) is 3.49. The molecule has 3 N–H and O–H groups in total. The number of esters is 2. The van der Waals surface area contributed by atoms with E-state index < -0.39 is 30.1 Å². The Bertz CT molecular complexity index is 1710. The molecule has 0 radical (unpaired) electrons. The molecule has 13 nitrogen and oxygen atoms in total. The van der Waals surface area contributed by atoms with Crippen LogP contribution in [0.4, 0.5) is 0 Å². The van der Waals surface area contributed by atoms with Gasteiger partial charge in [-0.25, -0.2) is 14.2 Å². The quantitative estimate of drug-likeness (QED) is 0.179. The molecule has 1 aliphatic heterocycles. The van der Waals surface area contributed by atoms with Gasteiger partial charge in [0.2, 0.25) is 0 Å². The topological polar surface area (TPSA) is 178 Å². The number of carbonyl (C=O) groups is 2. The molecule has 0 saturated heterocycles. The van der Waals surface area contributed by atoms with Gasteiger partial charge in [-0.05, 0) is 82.5 Å². The lowest BCUT2D eigenvalue weighted by Crippen LogP contribution is -2.42. The molecule has 47 heavy (non-hydrogen) atoms. The number of β-amino-alcohol motifs (C(OH)–C–C–N with tert-alkyl or cyclic N) is 1. The molecule has 4 rings (SSSR count). The number of ether oxygens (including phenoxy) is 4. The number of rotatable bonds is 13. The number of nitrogens with one attached hydrogen (secondary N) is 2. The van der Waals surface area contributed by atoms with Crippen molar-refractivity contribution in [3.63, 3.8) is 0 Å². The molecular formula is C34H41N5O8. The van der Waals surface area contributed by atoms with E-state index in [1.807, 2.05) is 20.8 Å². The monoisotopic (exact) mass is 647 g/mol. The minimum atomic E-state index is -0.875. The number of nitriles is 1. The zero-order valence-corrected chi connectivity index (χ0v) is 27.7. The number of fused-ring (bicyclic) bond motifs is 1. The summed E-state index contributed by atoms with van der Waals surface area (Å²) in [5.41, 5.74) is 2.96. The van der Waals surface area contributed by atoms with Gasteiger partial charge in [0.15, 0.2) is 0 Å². The fraction of sp³-hybridized carbons (Fsp3) is 0.441. The van der Waals surface area contributed by atoms with Crippen LogP contribution in [0.3, 0.4) is 0 Å². The van der Waals surface area contributed by atoms with Crippen LogP contribution in [0.5, 0.6) is 11.5 Å². The fourth-order valence-corrected chi connectivity index (χ4v) is 5.04. The summed E-state index contributed by atoms with van der Waals surface area (Å²) in [5, 5.41) is 34.1. The molecule has 0 spiro atoms. The highest BCUT2D eigenvalue weighted by molar-refractivity contribution is 6.01. The third kappa shape index (κ3) is 8.87. The first-order chi connectivity index (χ1) is 22.3. The smallest absolute Gasteiger partial charge is 0.337 e. The van der Waals surface area contributed by atoms with Crippen molar-refractivity contribution in [3.05, 3.63) is 70.1 Å². The van der Waals surface area contributed by atoms with Crippen molar-refractivity contribution >= 4 is 23.0 Å². The zero-order valence-electron chi connectivity index (χ0n) is 27.7. The summed E-state index contributed by atoms with van der Waals surface area (Å²) in [7, 11) is 0. The molecule has 0 bridgehead atoms. The molecule has 0 amide bonds. The molecule has 0 unspecified atom stereocenters. The van der Waals surface area contributed by atoms with Gasteiger partial charge < -0.3 is 34.7 Å². The van der Waals surface area contributed by atoms with E-state index in [-0.39, 0.29) is 42.1 Å². The minimum absolute atomic E-state index is 0.00628. The van der Waals surface area contributed by atoms with E-state index in [1.54, 1.807) is 58.0 Å². The van der Waals surface area contributed by atoms with E-state index in [1.165, 1.54) is 6.07 Å². The first kappa shape index (κ1) is 34.9. The number of benzene rings is 2. The second kappa shape index (κ2) is 15.1. The van der Waals surface area contributed by atoms with Crippen molar-refractivity contribution in [2.24, 2.45) is 0 Å². The Morgan fingerprint density at radius 2 is 1.79 bits per heavy atom. The summed E-state index contributed by atoms with van der Waals surface area (Å²) in [6, 6.07) is 12.0. The van der Waals surface area contributed by atoms with E-state index in [9.17, 15) is 20.0 Å². The number of allylic oxidation sites excluding steroid dienone is 2. The van der Waals surface area contributed by atoms with Crippen LogP contribution in [0.1, 0.15) is 65.5 Å². The van der Waals surface area contributed by atoms with Gasteiger partial charge in [0.25, 0.3) is 0 Å². The Morgan fingerprint density at radius 3 is 2.47 bits per heavy atom. The lowest BCUT2D eigenvalue weighted by Gasteiger charge is -2.30. The summed E-state index contributed by atoms with van der Waals surface area (Å²) in [4.78, 5) is 27.0. The highest BCUT2D eigenvalue weighted by atomic mass is 16.6. The fourth-order valence-electron chi connectivity index (χ4n) is 5.04.